The molecule has 0 N–H and O–H groups in total. The van der Waals surface area contributed by atoms with Crippen molar-refractivity contribution in [2.45, 2.75) is 32.2 Å². The van der Waals surface area contributed by atoms with Crippen LogP contribution in [0.25, 0.3) is 0 Å². The fourth-order valence-electron chi connectivity index (χ4n) is 2.50. The van der Waals surface area contributed by atoms with Crippen LogP contribution < -0.4 is 0 Å². The standard InChI is InChI=1S/C16H20N4O/c1-16(2,3)13-6-4-12(5-7-13)15(21)19-10-14(11-19)20-9-8-17-18-20/h4-9,14H,10-11H2,1-3H3. The van der Waals surface area contributed by atoms with Gasteiger partial charge in [0.1, 0.15) is 0 Å². The first-order chi connectivity index (χ1) is 9.95. The Morgan fingerprint density at radius 3 is 2.38 bits per heavy atom. The molecule has 0 atom stereocenters. The summed E-state index contributed by atoms with van der Waals surface area (Å²) in [5, 5.41) is 7.77. The summed E-state index contributed by atoms with van der Waals surface area (Å²) in [7, 11) is 0. The second-order valence-corrected chi connectivity index (χ2v) is 6.57. The number of hydrogen-bond acceptors (Lipinski definition) is 3. The van der Waals surface area contributed by atoms with Crippen molar-refractivity contribution in [1.29, 1.82) is 0 Å². The summed E-state index contributed by atoms with van der Waals surface area (Å²) < 4.78 is 1.81. The minimum Gasteiger partial charge on any atom is -0.334 e. The van der Waals surface area contributed by atoms with E-state index in [0.717, 1.165) is 5.56 Å². The topological polar surface area (TPSA) is 51.0 Å². The molecule has 0 unspecified atom stereocenters. The highest BCUT2D eigenvalue weighted by Gasteiger charge is 2.32. The van der Waals surface area contributed by atoms with Gasteiger partial charge in [-0.15, -0.1) is 5.10 Å². The number of carbonyl (C=O) groups excluding carboxylic acids is 1. The van der Waals surface area contributed by atoms with Gasteiger partial charge in [-0.2, -0.15) is 0 Å². The lowest BCUT2D eigenvalue weighted by atomic mass is 9.86. The maximum absolute atomic E-state index is 12.4. The first kappa shape index (κ1) is 13.8. The van der Waals surface area contributed by atoms with E-state index < -0.39 is 0 Å². The Bertz CT molecular complexity index is 619. The van der Waals surface area contributed by atoms with Crippen LogP contribution in [0.1, 0.15) is 42.7 Å². The van der Waals surface area contributed by atoms with Crippen molar-refractivity contribution < 1.29 is 4.79 Å². The molecule has 2 heterocycles. The molecule has 1 aliphatic heterocycles. The number of rotatable bonds is 2. The largest absolute Gasteiger partial charge is 0.334 e. The first-order valence-corrected chi connectivity index (χ1v) is 7.21. The minimum atomic E-state index is 0.0897. The van der Waals surface area contributed by atoms with Gasteiger partial charge in [0.05, 0.1) is 12.2 Å². The van der Waals surface area contributed by atoms with Crippen LogP contribution in [0, 0.1) is 0 Å². The smallest absolute Gasteiger partial charge is 0.253 e. The van der Waals surface area contributed by atoms with E-state index >= 15 is 0 Å². The SMILES string of the molecule is CC(C)(C)c1ccc(C(=O)N2CC(n3ccnn3)C2)cc1. The molecule has 0 spiro atoms. The maximum Gasteiger partial charge on any atom is 0.253 e. The second kappa shape index (κ2) is 4.98. The van der Waals surface area contributed by atoms with Gasteiger partial charge < -0.3 is 4.90 Å². The number of amides is 1. The van der Waals surface area contributed by atoms with Crippen molar-refractivity contribution in [2.24, 2.45) is 0 Å². The highest BCUT2D eigenvalue weighted by atomic mass is 16.2. The van der Waals surface area contributed by atoms with Crippen LogP contribution in [-0.2, 0) is 5.41 Å². The summed E-state index contributed by atoms with van der Waals surface area (Å²) in [6, 6.07) is 8.19. The van der Waals surface area contributed by atoms with Gasteiger partial charge in [-0.25, -0.2) is 4.68 Å². The molecule has 1 aromatic carbocycles. The Morgan fingerprint density at radius 2 is 1.86 bits per heavy atom. The zero-order valence-electron chi connectivity index (χ0n) is 12.7. The van der Waals surface area contributed by atoms with Gasteiger partial charge in [-0.3, -0.25) is 4.79 Å². The van der Waals surface area contributed by atoms with E-state index in [1.165, 1.54) is 5.56 Å². The molecular formula is C16H20N4O. The molecule has 0 radical (unpaired) electrons. The molecule has 1 aliphatic rings. The highest BCUT2D eigenvalue weighted by molar-refractivity contribution is 5.94. The van der Waals surface area contributed by atoms with E-state index in [9.17, 15) is 4.79 Å². The number of likely N-dealkylation sites (tertiary alicyclic amines) is 1. The number of carbonyl (C=O) groups is 1. The Morgan fingerprint density at radius 1 is 1.19 bits per heavy atom. The monoisotopic (exact) mass is 284 g/mol. The van der Waals surface area contributed by atoms with Crippen LogP contribution in [0.3, 0.4) is 0 Å². The fourth-order valence-corrected chi connectivity index (χ4v) is 2.50. The Labute approximate surface area is 124 Å². The van der Waals surface area contributed by atoms with Crippen LogP contribution in [0.5, 0.6) is 0 Å². The summed E-state index contributed by atoms with van der Waals surface area (Å²) in [6.45, 7) is 7.90. The van der Waals surface area contributed by atoms with Crippen LogP contribution >= 0.6 is 0 Å². The molecule has 21 heavy (non-hydrogen) atoms. The third kappa shape index (κ3) is 2.68. The molecule has 5 nitrogen and oxygen atoms in total. The normalized spacial score (nSPS) is 15.9. The van der Waals surface area contributed by atoms with E-state index in [1.54, 1.807) is 6.20 Å². The van der Waals surface area contributed by atoms with Crippen LogP contribution in [-0.4, -0.2) is 38.9 Å². The summed E-state index contributed by atoms with van der Waals surface area (Å²) in [5.41, 5.74) is 2.10. The molecule has 2 aromatic rings. The average molecular weight is 284 g/mol. The van der Waals surface area contributed by atoms with Crippen molar-refractivity contribution in [3.63, 3.8) is 0 Å². The molecule has 0 bridgehead atoms. The number of aromatic nitrogens is 3. The van der Waals surface area contributed by atoms with Crippen molar-refractivity contribution in [3.8, 4) is 0 Å². The third-order valence-corrected chi connectivity index (χ3v) is 3.96. The van der Waals surface area contributed by atoms with Crippen LogP contribution in [0.2, 0.25) is 0 Å². The van der Waals surface area contributed by atoms with Crippen molar-refractivity contribution in [3.05, 3.63) is 47.8 Å². The Kier molecular flexibility index (Phi) is 3.27. The summed E-state index contributed by atoms with van der Waals surface area (Å²) >= 11 is 0. The maximum atomic E-state index is 12.4. The fraction of sp³-hybridized carbons (Fsp3) is 0.438. The van der Waals surface area contributed by atoms with Gasteiger partial charge in [0, 0.05) is 24.8 Å². The van der Waals surface area contributed by atoms with Crippen LogP contribution in [0.15, 0.2) is 36.7 Å². The molecule has 1 aromatic heterocycles. The van der Waals surface area contributed by atoms with Gasteiger partial charge in [-0.05, 0) is 23.1 Å². The Balaban J connectivity index is 1.64. The summed E-state index contributed by atoms with van der Waals surface area (Å²) in [5.74, 6) is 0.0897. The molecule has 1 amide bonds. The molecule has 1 saturated heterocycles. The lowest BCUT2D eigenvalue weighted by Crippen LogP contribution is -2.50. The van der Waals surface area contributed by atoms with Crippen molar-refractivity contribution >= 4 is 5.91 Å². The first-order valence-electron chi connectivity index (χ1n) is 7.21. The summed E-state index contributed by atoms with van der Waals surface area (Å²) in [4.78, 5) is 14.2. The average Bonchev–Trinajstić information content (AvgIpc) is 2.90. The third-order valence-electron chi connectivity index (χ3n) is 3.96. The highest BCUT2D eigenvalue weighted by Crippen LogP contribution is 2.25. The van der Waals surface area contributed by atoms with E-state index in [-0.39, 0.29) is 17.4 Å². The number of nitrogens with zero attached hydrogens (tertiary/aromatic N) is 4. The van der Waals surface area contributed by atoms with Gasteiger partial charge in [0.15, 0.2) is 0 Å². The molecular weight excluding hydrogens is 264 g/mol. The summed E-state index contributed by atoms with van der Waals surface area (Å²) in [6.07, 6.45) is 3.50. The molecule has 0 saturated carbocycles. The molecule has 5 heteroatoms. The second-order valence-electron chi connectivity index (χ2n) is 6.57. The van der Waals surface area contributed by atoms with Crippen LogP contribution in [0.4, 0.5) is 0 Å². The van der Waals surface area contributed by atoms with E-state index in [1.807, 2.05) is 40.0 Å². The zero-order valence-corrected chi connectivity index (χ0v) is 12.7. The number of benzene rings is 1. The van der Waals surface area contributed by atoms with Gasteiger partial charge in [-0.1, -0.05) is 38.1 Å². The number of hydrogen-bond donors (Lipinski definition) is 0. The minimum absolute atomic E-state index is 0.0897. The van der Waals surface area contributed by atoms with E-state index in [2.05, 4.69) is 31.1 Å². The lowest BCUT2D eigenvalue weighted by molar-refractivity contribution is 0.0498. The zero-order chi connectivity index (χ0) is 15.0. The van der Waals surface area contributed by atoms with Gasteiger partial charge in [0.25, 0.3) is 5.91 Å². The van der Waals surface area contributed by atoms with Crippen molar-refractivity contribution in [1.82, 2.24) is 19.9 Å². The molecule has 1 fully saturated rings. The van der Waals surface area contributed by atoms with E-state index in [0.29, 0.717) is 13.1 Å². The predicted molar refractivity (Wildman–Crippen MR) is 80.1 cm³/mol. The molecule has 3 rings (SSSR count). The quantitative estimate of drug-likeness (QED) is 0.850. The van der Waals surface area contributed by atoms with Gasteiger partial charge in [0.2, 0.25) is 0 Å². The van der Waals surface area contributed by atoms with Gasteiger partial charge >= 0.3 is 0 Å². The predicted octanol–water partition coefficient (Wildman–Crippen LogP) is 2.27. The lowest BCUT2D eigenvalue weighted by Gasteiger charge is -2.38. The molecule has 0 aliphatic carbocycles. The Hall–Kier alpha value is -2.17. The van der Waals surface area contributed by atoms with Crippen molar-refractivity contribution in [2.75, 3.05) is 13.1 Å². The van der Waals surface area contributed by atoms with E-state index in [4.69, 9.17) is 0 Å². The molecule has 110 valence electrons.